The average Bonchev–Trinajstić information content (AvgIpc) is 2.48. The van der Waals surface area contributed by atoms with E-state index in [4.69, 9.17) is 0 Å². The molecule has 1 unspecified atom stereocenters. The fourth-order valence-corrected chi connectivity index (χ4v) is 3.30. The van der Waals surface area contributed by atoms with Crippen molar-refractivity contribution in [1.29, 1.82) is 0 Å². The van der Waals surface area contributed by atoms with Gasteiger partial charge in [-0.2, -0.15) is 0 Å². The van der Waals surface area contributed by atoms with Gasteiger partial charge in [0.1, 0.15) is 0 Å². The van der Waals surface area contributed by atoms with Crippen LogP contribution in [0.25, 0.3) is 0 Å². The monoisotopic (exact) mass is 158 g/mol. The van der Waals surface area contributed by atoms with Gasteiger partial charge in [-0.15, -0.1) is 11.8 Å². The van der Waals surface area contributed by atoms with Gasteiger partial charge >= 0.3 is 0 Å². The molecule has 0 bridgehead atoms. The first-order chi connectivity index (χ1) is 4.83. The maximum atomic E-state index is 3.42. The van der Waals surface area contributed by atoms with E-state index < -0.39 is 0 Å². The largest absolute Gasteiger partial charge is 0.314 e. The Hall–Kier alpha value is 0.270. The van der Waals surface area contributed by atoms with Crippen LogP contribution >= 0.6 is 11.8 Å². The number of hydrogen-bond acceptors (Lipinski definition) is 3. The summed E-state index contributed by atoms with van der Waals surface area (Å²) in [6.07, 6.45) is 1.33. The topological polar surface area (TPSA) is 15.3 Å². The van der Waals surface area contributed by atoms with Crippen LogP contribution in [0.1, 0.15) is 6.42 Å². The first-order valence-corrected chi connectivity index (χ1v) is 4.88. The molecule has 0 amide bonds. The molecule has 2 rings (SSSR count). The highest BCUT2D eigenvalue weighted by Crippen LogP contribution is 2.38. The number of nitrogens with one attached hydrogen (secondary N) is 1. The summed E-state index contributed by atoms with van der Waals surface area (Å²) in [6, 6.07) is 0. The van der Waals surface area contributed by atoms with Crippen LogP contribution in [0.5, 0.6) is 0 Å². The van der Waals surface area contributed by atoms with Crippen molar-refractivity contribution in [3.05, 3.63) is 0 Å². The van der Waals surface area contributed by atoms with Crippen molar-refractivity contribution < 1.29 is 0 Å². The Kier molecular flexibility index (Phi) is 1.66. The Balaban J connectivity index is 2.11. The lowest BCUT2D eigenvalue weighted by Gasteiger charge is -2.29. The molecule has 3 heteroatoms. The van der Waals surface area contributed by atoms with Gasteiger partial charge in [0.05, 0.1) is 4.87 Å². The van der Waals surface area contributed by atoms with Crippen molar-refractivity contribution in [2.45, 2.75) is 11.3 Å². The minimum absolute atomic E-state index is 0.486. The standard InChI is InChI=1S/C7H14N2S/c1-9-4-5-10-7(9)2-3-8-6-7/h8H,2-6H2,1H3. The van der Waals surface area contributed by atoms with E-state index in [9.17, 15) is 0 Å². The fourth-order valence-electron chi connectivity index (χ4n) is 1.79. The smallest absolute Gasteiger partial charge is 0.0806 e. The van der Waals surface area contributed by atoms with Crippen LogP contribution in [0.3, 0.4) is 0 Å². The van der Waals surface area contributed by atoms with Crippen molar-refractivity contribution in [1.82, 2.24) is 10.2 Å². The van der Waals surface area contributed by atoms with Crippen LogP contribution < -0.4 is 5.32 Å². The van der Waals surface area contributed by atoms with Gasteiger partial charge in [-0.1, -0.05) is 0 Å². The van der Waals surface area contributed by atoms with Crippen molar-refractivity contribution in [2.75, 3.05) is 32.4 Å². The van der Waals surface area contributed by atoms with E-state index in [0.29, 0.717) is 4.87 Å². The third-order valence-electron chi connectivity index (χ3n) is 2.59. The number of thioether (sulfide) groups is 1. The molecule has 1 spiro atoms. The first-order valence-electron chi connectivity index (χ1n) is 3.89. The molecule has 58 valence electrons. The molecule has 2 fully saturated rings. The summed E-state index contributed by atoms with van der Waals surface area (Å²) < 4.78 is 0. The summed E-state index contributed by atoms with van der Waals surface area (Å²) in [5.41, 5.74) is 0. The predicted octanol–water partition coefficient (Wildman–Crippen LogP) is 0.355. The van der Waals surface area contributed by atoms with E-state index in [-0.39, 0.29) is 0 Å². The second kappa shape index (κ2) is 2.40. The van der Waals surface area contributed by atoms with Crippen LogP contribution in [0.4, 0.5) is 0 Å². The third kappa shape index (κ3) is 0.881. The summed E-state index contributed by atoms with van der Waals surface area (Å²) in [7, 11) is 2.24. The average molecular weight is 158 g/mol. The van der Waals surface area contributed by atoms with Gasteiger partial charge in [0, 0.05) is 18.8 Å². The molecule has 0 saturated carbocycles. The molecule has 2 heterocycles. The van der Waals surface area contributed by atoms with Crippen molar-refractivity contribution in [2.24, 2.45) is 0 Å². The van der Waals surface area contributed by atoms with Gasteiger partial charge < -0.3 is 5.32 Å². The Morgan fingerprint density at radius 1 is 1.60 bits per heavy atom. The molecule has 1 N–H and O–H groups in total. The Bertz CT molecular complexity index is 126. The van der Waals surface area contributed by atoms with E-state index >= 15 is 0 Å². The minimum Gasteiger partial charge on any atom is -0.314 e. The summed E-state index contributed by atoms with van der Waals surface area (Å²) in [5.74, 6) is 1.32. The zero-order valence-corrected chi connectivity index (χ0v) is 7.21. The van der Waals surface area contributed by atoms with Gasteiger partial charge in [-0.05, 0) is 20.0 Å². The van der Waals surface area contributed by atoms with Gasteiger partial charge in [-0.3, -0.25) is 4.90 Å². The fraction of sp³-hybridized carbons (Fsp3) is 1.00. The molecule has 0 aromatic rings. The van der Waals surface area contributed by atoms with Crippen LogP contribution in [0.2, 0.25) is 0 Å². The molecule has 10 heavy (non-hydrogen) atoms. The molecular formula is C7H14N2S. The summed E-state index contributed by atoms with van der Waals surface area (Å²) in [4.78, 5) is 2.98. The molecule has 0 aliphatic carbocycles. The summed E-state index contributed by atoms with van der Waals surface area (Å²) in [5, 5.41) is 3.42. The van der Waals surface area contributed by atoms with E-state index in [1.807, 2.05) is 0 Å². The molecule has 1 atom stereocenters. The molecule has 2 nitrogen and oxygen atoms in total. The molecule has 2 saturated heterocycles. The van der Waals surface area contributed by atoms with Crippen molar-refractivity contribution in [3.63, 3.8) is 0 Å². The molecular weight excluding hydrogens is 144 g/mol. The van der Waals surface area contributed by atoms with Gasteiger partial charge in [0.15, 0.2) is 0 Å². The lowest BCUT2D eigenvalue weighted by atomic mass is 10.2. The van der Waals surface area contributed by atoms with E-state index in [0.717, 1.165) is 0 Å². The quantitative estimate of drug-likeness (QED) is 0.548. The highest BCUT2D eigenvalue weighted by Gasteiger charge is 2.41. The van der Waals surface area contributed by atoms with Gasteiger partial charge in [-0.25, -0.2) is 0 Å². The van der Waals surface area contributed by atoms with Crippen LogP contribution in [0, 0.1) is 0 Å². The van der Waals surface area contributed by atoms with E-state index in [2.05, 4.69) is 29.0 Å². The molecule has 0 radical (unpaired) electrons. The maximum Gasteiger partial charge on any atom is 0.0806 e. The van der Waals surface area contributed by atoms with Crippen LogP contribution in [0.15, 0.2) is 0 Å². The highest BCUT2D eigenvalue weighted by molar-refractivity contribution is 8.00. The lowest BCUT2D eigenvalue weighted by Crippen LogP contribution is -2.40. The SMILES string of the molecule is CN1CCSC12CCNC2. The van der Waals surface area contributed by atoms with Gasteiger partial charge in [0.2, 0.25) is 0 Å². The molecule has 2 aliphatic heterocycles. The molecule has 0 aromatic heterocycles. The number of likely N-dealkylation sites (N-methyl/N-ethyl adjacent to an activating group) is 1. The minimum atomic E-state index is 0.486. The Morgan fingerprint density at radius 3 is 3.00 bits per heavy atom. The number of nitrogens with zero attached hydrogens (tertiary/aromatic N) is 1. The van der Waals surface area contributed by atoms with Gasteiger partial charge in [0.25, 0.3) is 0 Å². The molecule has 2 aliphatic rings. The lowest BCUT2D eigenvalue weighted by molar-refractivity contribution is 0.258. The maximum absolute atomic E-state index is 3.42. The first kappa shape index (κ1) is 6.95. The summed E-state index contributed by atoms with van der Waals surface area (Å²) in [6.45, 7) is 3.66. The normalized spacial score (nSPS) is 41.7. The number of hydrogen-bond donors (Lipinski definition) is 1. The van der Waals surface area contributed by atoms with E-state index in [1.54, 1.807) is 0 Å². The predicted molar refractivity (Wildman–Crippen MR) is 45.3 cm³/mol. The highest BCUT2D eigenvalue weighted by atomic mass is 32.2. The molecule has 0 aromatic carbocycles. The van der Waals surface area contributed by atoms with E-state index in [1.165, 1.54) is 31.8 Å². The summed E-state index contributed by atoms with van der Waals surface area (Å²) >= 11 is 2.12. The third-order valence-corrected chi connectivity index (χ3v) is 4.17. The van der Waals surface area contributed by atoms with Crippen LogP contribution in [-0.4, -0.2) is 42.2 Å². The number of rotatable bonds is 0. The second-order valence-electron chi connectivity index (χ2n) is 3.14. The zero-order chi connectivity index (χ0) is 7.03. The zero-order valence-electron chi connectivity index (χ0n) is 6.39. The van der Waals surface area contributed by atoms with Crippen LogP contribution in [-0.2, 0) is 0 Å². The Labute approximate surface area is 66.4 Å². The van der Waals surface area contributed by atoms with Crippen molar-refractivity contribution >= 4 is 11.8 Å². The Morgan fingerprint density at radius 2 is 2.50 bits per heavy atom. The van der Waals surface area contributed by atoms with Crippen molar-refractivity contribution in [3.8, 4) is 0 Å². The second-order valence-corrected chi connectivity index (χ2v) is 4.60.